The summed E-state index contributed by atoms with van der Waals surface area (Å²) in [4.78, 5) is 24.7. The number of ether oxygens (including phenoxy) is 1. The van der Waals surface area contributed by atoms with Crippen LogP contribution in [0.15, 0.2) is 22.8 Å². The molecule has 0 aromatic rings. The fourth-order valence-corrected chi connectivity index (χ4v) is 8.95. The highest BCUT2D eigenvalue weighted by atomic mass is 16.5. The number of aliphatic carboxylic acids is 1. The summed E-state index contributed by atoms with van der Waals surface area (Å²) >= 11 is 0. The standard InChI is InChI=1S/C28H45N3O6/c1-13(2)6-7-15(25(35)36)19-18(37-14(3)32)12-27(5)20(19)22(30)23(34)24-26(4)10-9-17(33)21(29)16(26)8-11-28(24,27)31/h6,16-18,20-24,33-34H,7-12,29-31H2,1-5H3,(H,35,36)/b19-15+/t16-,17+,18-,20+,21-,22-,23+,24-,26-,27-,28+/m0/s1. The number of nitrogens with two attached hydrogens (primary N) is 3. The number of rotatable bonds is 4. The Bertz CT molecular complexity index is 1020. The molecule has 4 rings (SSSR count). The van der Waals surface area contributed by atoms with Crippen molar-refractivity contribution in [3.63, 3.8) is 0 Å². The van der Waals surface area contributed by atoms with Gasteiger partial charge in [-0.15, -0.1) is 0 Å². The van der Waals surface area contributed by atoms with Crippen molar-refractivity contribution in [3.05, 3.63) is 22.8 Å². The lowest BCUT2D eigenvalue weighted by Gasteiger charge is -2.69. The van der Waals surface area contributed by atoms with Crippen LogP contribution in [0.1, 0.15) is 73.1 Å². The quantitative estimate of drug-likeness (QED) is 0.182. The van der Waals surface area contributed by atoms with Gasteiger partial charge in [0.05, 0.1) is 12.2 Å². The molecule has 0 unspecified atom stereocenters. The summed E-state index contributed by atoms with van der Waals surface area (Å²) in [6.07, 6.45) is 2.36. The SMILES string of the molecule is CC(=O)O[C@H]1C[C@@]2(C)[C@H](/C1=C(\CC=C(C)C)C(=O)O)[C@H](N)[C@@H](O)[C@H]1[C@@]3(C)CC[C@@H](O)[C@@H](N)[C@@H]3CC[C@@]12N. The van der Waals surface area contributed by atoms with Crippen molar-refractivity contribution in [1.29, 1.82) is 0 Å². The number of aliphatic hydroxyl groups is 2. The van der Waals surface area contributed by atoms with E-state index in [4.69, 9.17) is 21.9 Å². The second kappa shape index (κ2) is 9.45. The summed E-state index contributed by atoms with van der Waals surface area (Å²) in [5.41, 5.74) is 20.3. The fraction of sp³-hybridized carbons (Fsp3) is 0.786. The van der Waals surface area contributed by atoms with Crippen LogP contribution < -0.4 is 17.2 Å². The Morgan fingerprint density at radius 3 is 2.30 bits per heavy atom. The zero-order chi connectivity index (χ0) is 27.7. The second-order valence-corrected chi connectivity index (χ2v) is 12.8. The number of allylic oxidation sites excluding steroid dienone is 2. The maximum Gasteiger partial charge on any atom is 0.331 e. The molecule has 0 amide bonds. The first-order chi connectivity index (χ1) is 17.1. The molecule has 0 aromatic heterocycles. The topological polar surface area (TPSA) is 182 Å². The van der Waals surface area contributed by atoms with Crippen LogP contribution in [0.4, 0.5) is 0 Å². The molecule has 9 nitrogen and oxygen atoms in total. The van der Waals surface area contributed by atoms with Crippen molar-refractivity contribution in [3.8, 4) is 0 Å². The molecule has 0 radical (unpaired) electrons. The number of hydrogen-bond donors (Lipinski definition) is 6. The largest absolute Gasteiger partial charge is 0.478 e. The summed E-state index contributed by atoms with van der Waals surface area (Å²) in [5, 5.41) is 32.7. The van der Waals surface area contributed by atoms with Gasteiger partial charge in [0.15, 0.2) is 0 Å². The van der Waals surface area contributed by atoms with Gasteiger partial charge in [-0.1, -0.05) is 25.5 Å². The average Bonchev–Trinajstić information content (AvgIpc) is 3.07. The van der Waals surface area contributed by atoms with E-state index >= 15 is 0 Å². The van der Waals surface area contributed by atoms with Crippen LogP contribution in [0, 0.1) is 28.6 Å². The molecule has 11 atom stereocenters. The van der Waals surface area contributed by atoms with Crippen molar-refractivity contribution < 1.29 is 29.6 Å². The van der Waals surface area contributed by atoms with E-state index < -0.39 is 70.5 Å². The third-order valence-electron chi connectivity index (χ3n) is 10.7. The van der Waals surface area contributed by atoms with Gasteiger partial charge in [0.25, 0.3) is 0 Å². The summed E-state index contributed by atoms with van der Waals surface area (Å²) in [6, 6.07) is -1.21. The van der Waals surface area contributed by atoms with Gasteiger partial charge < -0.3 is 37.3 Å². The zero-order valence-electron chi connectivity index (χ0n) is 22.7. The van der Waals surface area contributed by atoms with Gasteiger partial charge in [0.2, 0.25) is 0 Å². The molecule has 9 N–H and O–H groups in total. The van der Waals surface area contributed by atoms with Crippen LogP contribution >= 0.6 is 0 Å². The summed E-state index contributed by atoms with van der Waals surface area (Å²) < 4.78 is 5.76. The number of aliphatic hydroxyl groups excluding tert-OH is 2. The molecular formula is C28H45N3O6. The minimum Gasteiger partial charge on any atom is -0.478 e. The molecule has 37 heavy (non-hydrogen) atoms. The Balaban J connectivity index is 1.90. The first-order valence-corrected chi connectivity index (χ1v) is 13.5. The van der Waals surface area contributed by atoms with Crippen molar-refractivity contribution in [2.75, 3.05) is 0 Å². The van der Waals surface area contributed by atoms with Gasteiger partial charge in [-0.25, -0.2) is 4.79 Å². The highest BCUT2D eigenvalue weighted by Crippen LogP contribution is 2.69. The van der Waals surface area contributed by atoms with E-state index in [1.54, 1.807) is 0 Å². The first kappa shape index (κ1) is 28.2. The number of hydrogen-bond acceptors (Lipinski definition) is 8. The first-order valence-electron chi connectivity index (χ1n) is 13.5. The van der Waals surface area contributed by atoms with Crippen LogP contribution in [0.5, 0.6) is 0 Å². The number of esters is 1. The van der Waals surface area contributed by atoms with E-state index in [9.17, 15) is 24.9 Å². The van der Waals surface area contributed by atoms with Crippen molar-refractivity contribution in [1.82, 2.24) is 0 Å². The number of fused-ring (bicyclic) bond motifs is 5. The third kappa shape index (κ3) is 4.09. The Kier molecular flexibility index (Phi) is 7.21. The van der Waals surface area contributed by atoms with Crippen LogP contribution in [0.2, 0.25) is 0 Å². The van der Waals surface area contributed by atoms with Gasteiger partial charge in [0.1, 0.15) is 6.10 Å². The minimum absolute atomic E-state index is 0.0205. The maximum atomic E-state index is 12.6. The molecular weight excluding hydrogens is 474 g/mol. The normalized spacial score (nSPS) is 48.3. The van der Waals surface area contributed by atoms with Gasteiger partial charge in [-0.2, -0.15) is 0 Å². The second-order valence-electron chi connectivity index (χ2n) is 12.8. The molecule has 208 valence electrons. The number of carbonyl (C=O) groups excluding carboxylic acids is 1. The lowest BCUT2D eigenvalue weighted by molar-refractivity contribution is -0.199. The Hall–Kier alpha value is -1.78. The Morgan fingerprint density at radius 2 is 1.73 bits per heavy atom. The van der Waals surface area contributed by atoms with Crippen LogP contribution in [-0.2, 0) is 14.3 Å². The van der Waals surface area contributed by atoms with Crippen LogP contribution in [0.25, 0.3) is 0 Å². The molecule has 0 bridgehead atoms. The molecule has 0 aliphatic heterocycles. The highest BCUT2D eigenvalue weighted by molar-refractivity contribution is 5.88. The lowest BCUT2D eigenvalue weighted by Crippen LogP contribution is -2.78. The Labute approximate surface area is 219 Å². The predicted molar refractivity (Wildman–Crippen MR) is 139 cm³/mol. The molecule has 0 saturated heterocycles. The highest BCUT2D eigenvalue weighted by Gasteiger charge is 2.73. The van der Waals surface area contributed by atoms with Gasteiger partial charge in [0, 0.05) is 42.0 Å². The predicted octanol–water partition coefficient (Wildman–Crippen LogP) is 1.60. The summed E-state index contributed by atoms with van der Waals surface area (Å²) in [7, 11) is 0. The van der Waals surface area contributed by atoms with E-state index in [1.807, 2.05) is 26.8 Å². The minimum atomic E-state index is -1.09. The molecule has 4 saturated carbocycles. The van der Waals surface area contributed by atoms with E-state index in [1.165, 1.54) is 6.92 Å². The van der Waals surface area contributed by atoms with Crippen molar-refractivity contribution in [2.24, 2.45) is 45.8 Å². The van der Waals surface area contributed by atoms with Crippen LogP contribution in [-0.4, -0.2) is 63.2 Å². The molecule has 4 fully saturated rings. The number of carboxylic acid groups (broad SMARTS) is 1. The van der Waals surface area contributed by atoms with Gasteiger partial charge in [-0.3, -0.25) is 4.79 Å². The van der Waals surface area contributed by atoms with Gasteiger partial charge in [-0.05, 0) is 74.7 Å². The van der Waals surface area contributed by atoms with E-state index in [2.05, 4.69) is 6.92 Å². The molecule has 0 aromatic carbocycles. The van der Waals surface area contributed by atoms with Crippen LogP contribution in [0.3, 0.4) is 0 Å². The fourth-order valence-electron chi connectivity index (χ4n) is 8.95. The van der Waals surface area contributed by atoms with Gasteiger partial charge >= 0.3 is 11.9 Å². The molecule has 4 aliphatic rings. The molecule has 0 spiro atoms. The average molecular weight is 520 g/mol. The third-order valence-corrected chi connectivity index (χ3v) is 10.7. The lowest BCUT2D eigenvalue weighted by atomic mass is 9.39. The zero-order valence-corrected chi connectivity index (χ0v) is 22.7. The van der Waals surface area contributed by atoms with Crippen molar-refractivity contribution in [2.45, 2.75) is 109 Å². The monoisotopic (exact) mass is 519 g/mol. The van der Waals surface area contributed by atoms with E-state index in [0.29, 0.717) is 37.7 Å². The Morgan fingerprint density at radius 1 is 1.08 bits per heavy atom. The molecule has 9 heteroatoms. The molecule has 0 heterocycles. The summed E-state index contributed by atoms with van der Waals surface area (Å²) in [5.74, 6) is -2.60. The van der Waals surface area contributed by atoms with E-state index in [0.717, 1.165) is 5.57 Å². The molecule has 4 aliphatic carbocycles. The van der Waals surface area contributed by atoms with Crippen molar-refractivity contribution >= 4 is 11.9 Å². The summed E-state index contributed by atoms with van der Waals surface area (Å²) in [6.45, 7) is 9.25. The number of carbonyl (C=O) groups is 2. The van der Waals surface area contributed by atoms with E-state index in [-0.39, 0.29) is 17.9 Å². The number of carboxylic acids is 1. The smallest absolute Gasteiger partial charge is 0.331 e. The maximum absolute atomic E-state index is 12.6.